The zero-order valence-corrected chi connectivity index (χ0v) is 19.1. The van der Waals surface area contributed by atoms with Crippen molar-refractivity contribution in [3.8, 4) is 5.75 Å². The summed E-state index contributed by atoms with van der Waals surface area (Å²) in [5, 5.41) is 3.48. The highest BCUT2D eigenvalue weighted by Crippen LogP contribution is 2.20. The fourth-order valence-electron chi connectivity index (χ4n) is 3.89. The Bertz CT molecular complexity index is 563. The predicted molar refractivity (Wildman–Crippen MR) is 123 cm³/mol. The van der Waals surface area contributed by atoms with Crippen LogP contribution in [0.2, 0.25) is 0 Å². The summed E-state index contributed by atoms with van der Waals surface area (Å²) in [6, 6.07) is 10.8. The monoisotopic (exact) mass is 486 g/mol. The second-order valence-electron chi connectivity index (χ2n) is 7.29. The van der Waals surface area contributed by atoms with E-state index in [9.17, 15) is 0 Å². The highest BCUT2D eigenvalue weighted by Gasteiger charge is 2.30. The number of hydrogen-bond donors (Lipinski definition) is 1. The third-order valence-electron chi connectivity index (χ3n) is 5.40. The van der Waals surface area contributed by atoms with Gasteiger partial charge in [-0.3, -0.25) is 4.90 Å². The molecule has 0 aliphatic carbocycles. The van der Waals surface area contributed by atoms with E-state index in [1.165, 1.54) is 32.4 Å². The van der Waals surface area contributed by atoms with Crippen molar-refractivity contribution in [1.29, 1.82) is 0 Å². The maximum Gasteiger partial charge on any atom is 0.194 e. The van der Waals surface area contributed by atoms with Crippen LogP contribution in [0.15, 0.2) is 35.3 Å². The molecule has 2 atom stereocenters. The molecule has 152 valence electrons. The molecule has 2 aliphatic rings. The molecule has 0 aromatic heterocycles. The standard InChI is InChI=1S/C21H34N4O.HI/c1-3-19(26-20-10-6-5-7-11-20)16-23-21(22-4-2)25-15-12-18(17-25)24-13-8-9-14-24;/h5-7,10-11,18-19H,3-4,8-9,12-17H2,1-2H3,(H,22,23);1H. The molecule has 0 amide bonds. The Kier molecular flexibility index (Phi) is 9.68. The molecule has 2 aliphatic heterocycles. The van der Waals surface area contributed by atoms with Crippen molar-refractivity contribution in [3.05, 3.63) is 30.3 Å². The fraction of sp³-hybridized carbons (Fsp3) is 0.667. The van der Waals surface area contributed by atoms with Crippen LogP contribution >= 0.6 is 24.0 Å². The Labute approximate surface area is 181 Å². The smallest absolute Gasteiger partial charge is 0.194 e. The molecule has 0 spiro atoms. The predicted octanol–water partition coefficient (Wildman–Crippen LogP) is 3.60. The zero-order chi connectivity index (χ0) is 18.2. The first-order valence-electron chi connectivity index (χ1n) is 10.3. The maximum absolute atomic E-state index is 6.10. The molecule has 6 heteroatoms. The first-order valence-corrected chi connectivity index (χ1v) is 10.3. The van der Waals surface area contributed by atoms with Crippen LogP contribution in [-0.2, 0) is 0 Å². The van der Waals surface area contributed by atoms with Gasteiger partial charge >= 0.3 is 0 Å². The van der Waals surface area contributed by atoms with Gasteiger partial charge in [-0.2, -0.15) is 0 Å². The van der Waals surface area contributed by atoms with E-state index in [-0.39, 0.29) is 30.1 Å². The zero-order valence-electron chi connectivity index (χ0n) is 16.8. The molecule has 27 heavy (non-hydrogen) atoms. The Morgan fingerprint density at radius 3 is 2.59 bits per heavy atom. The molecule has 0 bridgehead atoms. The van der Waals surface area contributed by atoms with Gasteiger partial charge in [0.25, 0.3) is 0 Å². The largest absolute Gasteiger partial charge is 0.489 e. The van der Waals surface area contributed by atoms with E-state index in [2.05, 4.69) is 29.0 Å². The van der Waals surface area contributed by atoms with Gasteiger partial charge in [0.15, 0.2) is 5.96 Å². The third kappa shape index (κ3) is 6.52. The summed E-state index contributed by atoms with van der Waals surface area (Å²) in [5.74, 6) is 1.97. The molecule has 2 saturated heterocycles. The van der Waals surface area contributed by atoms with Gasteiger partial charge in [0.1, 0.15) is 11.9 Å². The van der Waals surface area contributed by atoms with Crippen molar-refractivity contribution in [1.82, 2.24) is 15.1 Å². The van der Waals surface area contributed by atoms with E-state index in [0.717, 1.165) is 37.8 Å². The van der Waals surface area contributed by atoms with Crippen molar-refractivity contribution in [2.45, 2.75) is 51.7 Å². The first-order chi connectivity index (χ1) is 12.8. The number of aliphatic imine (C=N–C) groups is 1. The normalized spacial score (nSPS) is 21.8. The van der Waals surface area contributed by atoms with Gasteiger partial charge in [-0.15, -0.1) is 24.0 Å². The van der Waals surface area contributed by atoms with Crippen LogP contribution in [0.5, 0.6) is 5.75 Å². The molecule has 1 aromatic carbocycles. The third-order valence-corrected chi connectivity index (χ3v) is 5.40. The molecule has 5 nitrogen and oxygen atoms in total. The number of benzene rings is 1. The minimum atomic E-state index is 0. The number of para-hydroxylation sites is 1. The van der Waals surface area contributed by atoms with Crippen molar-refractivity contribution in [3.63, 3.8) is 0 Å². The van der Waals surface area contributed by atoms with Gasteiger partial charge in [-0.25, -0.2) is 4.99 Å². The van der Waals surface area contributed by atoms with E-state index in [1.807, 2.05) is 30.3 Å². The second kappa shape index (κ2) is 11.7. The highest BCUT2D eigenvalue weighted by atomic mass is 127. The molecule has 2 unspecified atom stereocenters. The summed E-state index contributed by atoms with van der Waals surface area (Å²) >= 11 is 0. The Morgan fingerprint density at radius 2 is 1.93 bits per heavy atom. The van der Waals surface area contributed by atoms with Crippen molar-refractivity contribution in [2.24, 2.45) is 4.99 Å². The van der Waals surface area contributed by atoms with Crippen LogP contribution in [0.4, 0.5) is 0 Å². The average Bonchev–Trinajstić information content (AvgIpc) is 3.36. The van der Waals surface area contributed by atoms with Crippen molar-refractivity contribution in [2.75, 3.05) is 39.3 Å². The van der Waals surface area contributed by atoms with Crippen LogP contribution in [0.3, 0.4) is 0 Å². The molecule has 0 saturated carbocycles. The molecule has 1 N–H and O–H groups in total. The quantitative estimate of drug-likeness (QED) is 0.363. The van der Waals surface area contributed by atoms with Crippen LogP contribution in [-0.4, -0.2) is 67.2 Å². The lowest BCUT2D eigenvalue weighted by Gasteiger charge is -2.26. The van der Waals surface area contributed by atoms with Gasteiger partial charge in [0.05, 0.1) is 6.54 Å². The van der Waals surface area contributed by atoms with Crippen molar-refractivity contribution < 1.29 is 4.74 Å². The van der Waals surface area contributed by atoms with E-state index < -0.39 is 0 Å². The first kappa shape index (κ1) is 22.3. The molecular formula is C21H35IN4O. The summed E-state index contributed by atoms with van der Waals surface area (Å²) in [6.45, 7) is 10.6. The minimum absolute atomic E-state index is 0. The van der Waals surface area contributed by atoms with E-state index in [0.29, 0.717) is 12.6 Å². The molecule has 0 radical (unpaired) electrons. The fourth-order valence-corrected chi connectivity index (χ4v) is 3.89. The number of nitrogens with zero attached hydrogens (tertiary/aromatic N) is 3. The van der Waals surface area contributed by atoms with Crippen molar-refractivity contribution >= 4 is 29.9 Å². The van der Waals surface area contributed by atoms with Crippen LogP contribution < -0.4 is 10.1 Å². The molecule has 2 heterocycles. The van der Waals surface area contributed by atoms with E-state index >= 15 is 0 Å². The Hall–Kier alpha value is -1.02. The second-order valence-corrected chi connectivity index (χ2v) is 7.29. The lowest BCUT2D eigenvalue weighted by Crippen LogP contribution is -2.43. The molecule has 1 aromatic rings. The minimum Gasteiger partial charge on any atom is -0.489 e. The van der Waals surface area contributed by atoms with E-state index in [4.69, 9.17) is 9.73 Å². The number of halogens is 1. The molecule has 2 fully saturated rings. The topological polar surface area (TPSA) is 40.1 Å². The maximum atomic E-state index is 6.10. The van der Waals surface area contributed by atoms with Gasteiger partial charge in [0, 0.05) is 25.7 Å². The number of guanidine groups is 1. The summed E-state index contributed by atoms with van der Waals surface area (Å²) in [4.78, 5) is 10.0. The lowest BCUT2D eigenvalue weighted by atomic mass is 10.2. The van der Waals surface area contributed by atoms with Gasteiger partial charge in [-0.1, -0.05) is 25.1 Å². The number of hydrogen-bond acceptors (Lipinski definition) is 3. The van der Waals surface area contributed by atoms with Gasteiger partial charge in [-0.05, 0) is 57.8 Å². The molecular weight excluding hydrogens is 451 g/mol. The highest BCUT2D eigenvalue weighted by molar-refractivity contribution is 14.0. The summed E-state index contributed by atoms with van der Waals surface area (Å²) < 4.78 is 6.10. The van der Waals surface area contributed by atoms with Crippen LogP contribution in [0.25, 0.3) is 0 Å². The molecule has 3 rings (SSSR count). The Balaban J connectivity index is 0.00000261. The van der Waals surface area contributed by atoms with Crippen LogP contribution in [0.1, 0.15) is 39.5 Å². The van der Waals surface area contributed by atoms with Gasteiger partial charge in [0.2, 0.25) is 0 Å². The Morgan fingerprint density at radius 1 is 1.19 bits per heavy atom. The van der Waals surface area contributed by atoms with E-state index in [1.54, 1.807) is 0 Å². The number of ether oxygens (including phenoxy) is 1. The lowest BCUT2D eigenvalue weighted by molar-refractivity contribution is 0.205. The summed E-state index contributed by atoms with van der Waals surface area (Å²) in [6.07, 6.45) is 5.04. The number of likely N-dealkylation sites (tertiary alicyclic amines) is 2. The number of nitrogens with one attached hydrogen (secondary N) is 1. The summed E-state index contributed by atoms with van der Waals surface area (Å²) in [5.41, 5.74) is 0. The van der Waals surface area contributed by atoms with Crippen LogP contribution in [0, 0.1) is 0 Å². The average molecular weight is 486 g/mol. The summed E-state index contributed by atoms with van der Waals surface area (Å²) in [7, 11) is 0. The SMILES string of the molecule is CCNC(=NCC(CC)Oc1ccccc1)N1CCC(N2CCCC2)C1.I. The van der Waals surface area contributed by atoms with Gasteiger partial charge < -0.3 is 15.0 Å². The number of rotatable bonds is 7.